The molecule has 0 saturated carbocycles. The van der Waals surface area contributed by atoms with Crippen LogP contribution in [0.15, 0.2) is 218 Å². The molecule has 0 unspecified atom stereocenters. The van der Waals surface area contributed by atoms with E-state index in [0.717, 1.165) is 22.7 Å². The Morgan fingerprint density at radius 2 is 0.891 bits per heavy atom. The van der Waals surface area contributed by atoms with Crippen LogP contribution in [0.5, 0.6) is 0 Å². The lowest BCUT2D eigenvalue weighted by Crippen LogP contribution is -2.30. The highest BCUT2D eigenvalue weighted by molar-refractivity contribution is 6.29. The SMILES string of the molecule is CC1(C)c2ccccc2-c2ccc(N(c3ccc(-c4ccccc4)cc3)c3cc4c5c6c(cccc36)C3(c6ccccc6-c6ccccc63)c3cccc(c35)n4-c3ccccc3)cc21. The van der Waals surface area contributed by atoms with Crippen LogP contribution in [0, 0.1) is 0 Å². The summed E-state index contributed by atoms with van der Waals surface area (Å²) in [6.07, 6.45) is 0. The third-order valence-electron chi connectivity index (χ3n) is 15.0. The van der Waals surface area contributed by atoms with Gasteiger partial charge in [0, 0.05) is 38.6 Å². The normalized spacial score (nSPS) is 14.3. The van der Waals surface area contributed by atoms with Crippen molar-refractivity contribution < 1.29 is 0 Å². The molecule has 2 heteroatoms. The van der Waals surface area contributed by atoms with Gasteiger partial charge in [-0.2, -0.15) is 0 Å². The molecule has 1 heterocycles. The lowest BCUT2D eigenvalue weighted by molar-refractivity contribution is 0.660. The van der Waals surface area contributed by atoms with Gasteiger partial charge >= 0.3 is 0 Å². The first-order valence-electron chi connectivity index (χ1n) is 22.5. The van der Waals surface area contributed by atoms with Gasteiger partial charge in [-0.25, -0.2) is 0 Å². The Kier molecular flexibility index (Phi) is 7.13. The molecule has 64 heavy (non-hydrogen) atoms. The fraction of sp³-hybridized carbons (Fsp3) is 0.0645. The Labute approximate surface area is 372 Å². The molecule has 2 nitrogen and oxygen atoms in total. The molecule has 1 spiro atoms. The summed E-state index contributed by atoms with van der Waals surface area (Å²) < 4.78 is 2.53. The predicted molar refractivity (Wildman–Crippen MR) is 267 cm³/mol. The Bertz CT molecular complexity index is 3700. The maximum Gasteiger partial charge on any atom is 0.0726 e. The highest BCUT2D eigenvalue weighted by Crippen LogP contribution is 2.63. The maximum absolute atomic E-state index is 2.54. The van der Waals surface area contributed by atoms with E-state index in [-0.39, 0.29) is 5.41 Å². The molecule has 3 aliphatic carbocycles. The second kappa shape index (κ2) is 12.8. The second-order valence-electron chi connectivity index (χ2n) is 18.4. The molecule has 1 aromatic heterocycles. The first-order valence-corrected chi connectivity index (χ1v) is 22.5. The number of benzene rings is 10. The molecular formula is C62H42N2. The summed E-state index contributed by atoms with van der Waals surface area (Å²) in [6, 6.07) is 82.0. The van der Waals surface area contributed by atoms with Crippen molar-refractivity contribution in [2.24, 2.45) is 0 Å². The Balaban J connectivity index is 1.13. The van der Waals surface area contributed by atoms with Crippen LogP contribution in [-0.4, -0.2) is 4.57 Å². The van der Waals surface area contributed by atoms with E-state index < -0.39 is 5.41 Å². The molecule has 0 N–H and O–H groups in total. The predicted octanol–water partition coefficient (Wildman–Crippen LogP) is 16.1. The van der Waals surface area contributed by atoms with Crippen molar-refractivity contribution in [2.45, 2.75) is 24.7 Å². The third kappa shape index (κ3) is 4.49. The standard InChI is InChI=1S/C62H42N2/c1-61(2)49-25-12-9-21-44(49)47-36-35-43(37-54(47)61)63(42-33-31-40(32-34-42)39-17-5-3-6-18-39)56-38-57-60-58-48(56)24-15-28-52(58)62(50-26-13-10-22-45(50)46-23-11-14-27-51(46)62)53-29-16-30-55(59(53)60)64(57)41-19-7-4-8-20-41/h3-38H,1-2H3. The largest absolute Gasteiger partial charge is 0.310 e. The van der Waals surface area contributed by atoms with Gasteiger partial charge in [0.15, 0.2) is 0 Å². The van der Waals surface area contributed by atoms with Crippen molar-refractivity contribution in [3.05, 3.63) is 252 Å². The summed E-state index contributed by atoms with van der Waals surface area (Å²) in [5.41, 5.74) is 22.1. The average molecular weight is 815 g/mol. The zero-order valence-electron chi connectivity index (χ0n) is 35.7. The van der Waals surface area contributed by atoms with Crippen LogP contribution in [0.3, 0.4) is 0 Å². The molecule has 0 saturated heterocycles. The molecule has 0 radical (unpaired) electrons. The zero-order chi connectivity index (χ0) is 42.3. The first-order chi connectivity index (χ1) is 31.5. The van der Waals surface area contributed by atoms with Crippen LogP contribution >= 0.6 is 0 Å². The van der Waals surface area contributed by atoms with Gasteiger partial charge in [-0.15, -0.1) is 0 Å². The smallest absolute Gasteiger partial charge is 0.0726 e. The minimum absolute atomic E-state index is 0.156. The van der Waals surface area contributed by atoms with Crippen molar-refractivity contribution in [1.29, 1.82) is 0 Å². The van der Waals surface area contributed by atoms with Crippen LogP contribution in [0.2, 0.25) is 0 Å². The molecule has 0 amide bonds. The van der Waals surface area contributed by atoms with E-state index in [4.69, 9.17) is 0 Å². The molecule has 300 valence electrons. The molecule has 3 aliphatic rings. The fourth-order valence-corrected chi connectivity index (χ4v) is 12.3. The molecular weight excluding hydrogens is 773 g/mol. The number of hydrogen-bond acceptors (Lipinski definition) is 1. The van der Waals surface area contributed by atoms with Crippen molar-refractivity contribution in [1.82, 2.24) is 4.57 Å². The molecule has 0 aliphatic heterocycles. The van der Waals surface area contributed by atoms with Gasteiger partial charge in [0.05, 0.1) is 22.1 Å². The van der Waals surface area contributed by atoms with E-state index in [1.165, 1.54) is 99.3 Å². The molecule has 10 aromatic carbocycles. The van der Waals surface area contributed by atoms with E-state index in [2.05, 4.69) is 242 Å². The van der Waals surface area contributed by atoms with Gasteiger partial charge in [0.1, 0.15) is 0 Å². The van der Waals surface area contributed by atoms with Gasteiger partial charge < -0.3 is 9.47 Å². The summed E-state index contributed by atoms with van der Waals surface area (Å²) in [5, 5.41) is 5.21. The zero-order valence-corrected chi connectivity index (χ0v) is 35.7. The number of rotatable bonds is 5. The van der Waals surface area contributed by atoms with Crippen molar-refractivity contribution in [3.8, 4) is 39.1 Å². The van der Waals surface area contributed by atoms with Crippen LogP contribution in [0.25, 0.3) is 71.6 Å². The summed E-state index contributed by atoms with van der Waals surface area (Å²) in [4.78, 5) is 2.54. The van der Waals surface area contributed by atoms with E-state index in [1.54, 1.807) is 0 Å². The number of para-hydroxylation sites is 1. The number of anilines is 3. The average Bonchev–Trinajstić information content (AvgIpc) is 3.93. The van der Waals surface area contributed by atoms with Gasteiger partial charge in [0.2, 0.25) is 0 Å². The Hall–Kier alpha value is -7.94. The minimum atomic E-state index is -0.515. The summed E-state index contributed by atoms with van der Waals surface area (Å²) in [7, 11) is 0. The van der Waals surface area contributed by atoms with Crippen LogP contribution in [0.1, 0.15) is 47.2 Å². The number of hydrogen-bond donors (Lipinski definition) is 0. The van der Waals surface area contributed by atoms with Crippen molar-refractivity contribution >= 4 is 49.6 Å². The molecule has 11 aromatic rings. The molecule has 0 fully saturated rings. The van der Waals surface area contributed by atoms with Crippen LogP contribution in [-0.2, 0) is 10.8 Å². The first kappa shape index (κ1) is 35.6. The fourth-order valence-electron chi connectivity index (χ4n) is 12.3. The van der Waals surface area contributed by atoms with Gasteiger partial charge in [-0.05, 0) is 121 Å². The van der Waals surface area contributed by atoms with Crippen molar-refractivity contribution in [3.63, 3.8) is 0 Å². The Morgan fingerprint density at radius 3 is 1.59 bits per heavy atom. The van der Waals surface area contributed by atoms with Crippen LogP contribution < -0.4 is 4.90 Å². The highest BCUT2D eigenvalue weighted by Gasteiger charge is 2.50. The molecule has 14 rings (SSSR count). The third-order valence-corrected chi connectivity index (χ3v) is 15.0. The summed E-state index contributed by atoms with van der Waals surface area (Å²) in [6.45, 7) is 4.76. The monoisotopic (exact) mass is 814 g/mol. The lowest BCUT2D eigenvalue weighted by atomic mass is 9.63. The Morgan fingerprint density at radius 1 is 0.359 bits per heavy atom. The topological polar surface area (TPSA) is 8.17 Å². The highest BCUT2D eigenvalue weighted by atomic mass is 15.1. The van der Waals surface area contributed by atoms with Crippen molar-refractivity contribution in [2.75, 3.05) is 4.90 Å². The summed E-state index contributed by atoms with van der Waals surface area (Å²) >= 11 is 0. The van der Waals surface area contributed by atoms with Gasteiger partial charge in [0.25, 0.3) is 0 Å². The van der Waals surface area contributed by atoms with Gasteiger partial charge in [-0.3, -0.25) is 0 Å². The van der Waals surface area contributed by atoms with E-state index >= 15 is 0 Å². The number of aromatic nitrogens is 1. The van der Waals surface area contributed by atoms with E-state index in [0.29, 0.717) is 0 Å². The van der Waals surface area contributed by atoms with E-state index in [1.807, 2.05) is 0 Å². The van der Waals surface area contributed by atoms with E-state index in [9.17, 15) is 0 Å². The lowest BCUT2D eigenvalue weighted by Gasteiger charge is -2.38. The summed E-state index contributed by atoms with van der Waals surface area (Å²) in [5.74, 6) is 0. The minimum Gasteiger partial charge on any atom is -0.310 e. The number of nitrogens with zero attached hydrogens (tertiary/aromatic N) is 2. The van der Waals surface area contributed by atoms with Crippen LogP contribution in [0.4, 0.5) is 17.1 Å². The number of fused-ring (bicyclic) bond motifs is 10. The quantitative estimate of drug-likeness (QED) is 0.168. The maximum atomic E-state index is 2.54. The second-order valence-corrected chi connectivity index (χ2v) is 18.4. The molecule has 0 atom stereocenters. The molecule has 0 bridgehead atoms. The van der Waals surface area contributed by atoms with Gasteiger partial charge in [-0.1, -0.05) is 184 Å².